The summed E-state index contributed by atoms with van der Waals surface area (Å²) < 4.78 is 3.43. The molecule has 148 valence electrons. The van der Waals surface area contributed by atoms with Crippen LogP contribution in [0.3, 0.4) is 0 Å². The lowest BCUT2D eigenvalue weighted by Crippen LogP contribution is -2.22. The van der Waals surface area contributed by atoms with Crippen molar-refractivity contribution < 1.29 is 4.79 Å². The molecule has 3 aromatic heterocycles. The average Bonchev–Trinajstić information content (AvgIpc) is 3.35. The molecule has 1 aliphatic carbocycles. The fourth-order valence-electron chi connectivity index (χ4n) is 3.77. The summed E-state index contributed by atoms with van der Waals surface area (Å²) in [5.41, 5.74) is 8.24. The number of anilines is 2. The van der Waals surface area contributed by atoms with E-state index in [1.54, 1.807) is 34.0 Å². The van der Waals surface area contributed by atoms with Crippen LogP contribution in [0.1, 0.15) is 42.1 Å². The molecule has 0 aromatic carbocycles. The van der Waals surface area contributed by atoms with E-state index in [1.807, 2.05) is 19.3 Å². The highest BCUT2D eigenvalue weighted by atomic mass is 16.1. The Bertz CT molecular complexity index is 1080. The number of pyridine rings is 1. The quantitative estimate of drug-likeness (QED) is 0.689. The maximum atomic E-state index is 12.0. The zero-order valence-corrected chi connectivity index (χ0v) is 16.1. The molecule has 0 saturated heterocycles. The number of hydrogen-bond acceptors (Lipinski definition) is 6. The van der Waals surface area contributed by atoms with E-state index in [0.717, 1.165) is 42.6 Å². The molecule has 9 nitrogen and oxygen atoms in total. The fraction of sp³-hybridized carbons (Fsp3) is 0.350. The van der Waals surface area contributed by atoms with Gasteiger partial charge in [-0.1, -0.05) is 12.8 Å². The van der Waals surface area contributed by atoms with Gasteiger partial charge in [0.2, 0.25) is 0 Å². The minimum atomic E-state index is -0.565. The Labute approximate surface area is 168 Å². The first-order chi connectivity index (χ1) is 14.0. The summed E-state index contributed by atoms with van der Waals surface area (Å²) in [6, 6.07) is 5.98. The third-order valence-corrected chi connectivity index (χ3v) is 5.26. The minimum Gasteiger partial charge on any atom is -0.365 e. The maximum Gasteiger partial charge on any atom is 0.254 e. The predicted molar refractivity (Wildman–Crippen MR) is 107 cm³/mol. The van der Waals surface area contributed by atoms with Gasteiger partial charge in [-0.3, -0.25) is 19.1 Å². The topological polar surface area (TPSA) is 127 Å². The number of carbonyl (C=O) groups excluding carboxylic acids is 1. The van der Waals surface area contributed by atoms with Crippen LogP contribution in [-0.2, 0) is 7.05 Å². The summed E-state index contributed by atoms with van der Waals surface area (Å²) in [5.74, 6) is -0.303. The second kappa shape index (κ2) is 7.75. The van der Waals surface area contributed by atoms with Crippen molar-refractivity contribution in [3.63, 3.8) is 0 Å². The molecular formula is C20H22N8O. The van der Waals surface area contributed by atoms with Gasteiger partial charge in [-0.25, -0.2) is 0 Å². The summed E-state index contributed by atoms with van der Waals surface area (Å²) in [6.07, 6.45) is 10.7. The first kappa shape index (κ1) is 18.7. The third kappa shape index (κ3) is 3.82. The molecular weight excluding hydrogens is 368 g/mol. The molecule has 0 spiro atoms. The second-order valence-corrected chi connectivity index (χ2v) is 7.28. The molecule has 9 heteroatoms. The number of primary amides is 1. The van der Waals surface area contributed by atoms with Gasteiger partial charge in [0.15, 0.2) is 5.82 Å². The van der Waals surface area contributed by atoms with Crippen molar-refractivity contribution in [3.05, 3.63) is 42.5 Å². The van der Waals surface area contributed by atoms with Crippen molar-refractivity contribution in [2.24, 2.45) is 18.7 Å². The van der Waals surface area contributed by atoms with E-state index in [1.165, 1.54) is 0 Å². The average molecular weight is 390 g/mol. The Morgan fingerprint density at radius 1 is 1.34 bits per heavy atom. The second-order valence-electron chi connectivity index (χ2n) is 7.28. The number of nitrogens with one attached hydrogen (secondary N) is 1. The largest absolute Gasteiger partial charge is 0.365 e. The Morgan fingerprint density at radius 3 is 2.90 bits per heavy atom. The van der Waals surface area contributed by atoms with E-state index in [2.05, 4.69) is 26.6 Å². The molecule has 1 amide bonds. The van der Waals surface area contributed by atoms with E-state index in [0.29, 0.717) is 11.4 Å². The fourth-order valence-corrected chi connectivity index (χ4v) is 3.77. The summed E-state index contributed by atoms with van der Waals surface area (Å²) in [5, 5.41) is 21.4. The van der Waals surface area contributed by atoms with Crippen LogP contribution in [-0.4, -0.2) is 30.5 Å². The zero-order chi connectivity index (χ0) is 20.4. The van der Waals surface area contributed by atoms with Gasteiger partial charge in [0, 0.05) is 36.9 Å². The number of amides is 1. The van der Waals surface area contributed by atoms with Crippen molar-refractivity contribution in [1.82, 2.24) is 24.5 Å². The van der Waals surface area contributed by atoms with Crippen molar-refractivity contribution in [1.29, 1.82) is 5.26 Å². The van der Waals surface area contributed by atoms with Crippen molar-refractivity contribution >= 4 is 17.4 Å². The van der Waals surface area contributed by atoms with Crippen LogP contribution in [0.25, 0.3) is 11.3 Å². The number of rotatable bonds is 5. The van der Waals surface area contributed by atoms with Crippen LogP contribution in [0, 0.1) is 17.2 Å². The third-order valence-electron chi connectivity index (χ3n) is 5.26. The molecule has 0 bridgehead atoms. The molecule has 2 unspecified atom stereocenters. The van der Waals surface area contributed by atoms with E-state index < -0.39 is 5.91 Å². The molecule has 3 heterocycles. The summed E-state index contributed by atoms with van der Waals surface area (Å²) in [6.45, 7) is 0. The van der Waals surface area contributed by atoms with Crippen LogP contribution >= 0.6 is 0 Å². The molecule has 29 heavy (non-hydrogen) atoms. The van der Waals surface area contributed by atoms with Crippen molar-refractivity contribution in [2.75, 3.05) is 5.32 Å². The maximum absolute atomic E-state index is 12.0. The lowest BCUT2D eigenvalue weighted by molar-refractivity contribution is 0.100. The summed E-state index contributed by atoms with van der Waals surface area (Å²) in [7, 11) is 1.84. The molecule has 0 aliphatic heterocycles. The van der Waals surface area contributed by atoms with E-state index in [-0.39, 0.29) is 12.0 Å². The Kier molecular flexibility index (Phi) is 4.99. The minimum absolute atomic E-state index is 0.0502. The van der Waals surface area contributed by atoms with Gasteiger partial charge < -0.3 is 11.1 Å². The Hall–Kier alpha value is -3.67. The van der Waals surface area contributed by atoms with Crippen LogP contribution in [0.2, 0.25) is 0 Å². The number of nitriles is 1. The SMILES string of the molecule is Cn1cc(-c2cc(Nc3nn(C4CCCCC4C#N)cc3C(N)=O)ccn2)cn1. The highest BCUT2D eigenvalue weighted by Gasteiger charge is 2.28. The van der Waals surface area contributed by atoms with Crippen LogP contribution in [0.4, 0.5) is 11.5 Å². The molecule has 3 N–H and O–H groups in total. The van der Waals surface area contributed by atoms with Gasteiger partial charge in [0.1, 0.15) is 5.56 Å². The van der Waals surface area contributed by atoms with Gasteiger partial charge in [-0.2, -0.15) is 15.5 Å². The number of aryl methyl sites for hydroxylation is 1. The number of aromatic nitrogens is 5. The Balaban J connectivity index is 1.64. The zero-order valence-electron chi connectivity index (χ0n) is 16.1. The lowest BCUT2D eigenvalue weighted by Gasteiger charge is -2.26. The predicted octanol–water partition coefficient (Wildman–Crippen LogP) is 2.78. The normalized spacial score (nSPS) is 18.9. The van der Waals surface area contributed by atoms with Crippen molar-refractivity contribution in [2.45, 2.75) is 31.7 Å². The number of hydrogen-bond donors (Lipinski definition) is 2. The monoisotopic (exact) mass is 390 g/mol. The van der Waals surface area contributed by atoms with E-state index in [9.17, 15) is 10.1 Å². The standard InChI is InChI=1S/C20H22N8O/c1-27-11-14(10-24-27)17-8-15(6-7-23-17)25-20-16(19(22)29)12-28(26-20)18-5-3-2-4-13(18)9-21/h6-8,10-13,18H,2-5H2,1H3,(H2,22,29)(H,23,25,26). The van der Waals surface area contributed by atoms with Gasteiger partial charge in [-0.05, 0) is 25.0 Å². The smallest absolute Gasteiger partial charge is 0.254 e. The molecule has 3 aromatic rings. The summed E-state index contributed by atoms with van der Waals surface area (Å²) >= 11 is 0. The van der Waals surface area contributed by atoms with Gasteiger partial charge >= 0.3 is 0 Å². The molecule has 0 radical (unpaired) electrons. The van der Waals surface area contributed by atoms with Gasteiger partial charge in [0.05, 0.1) is 29.9 Å². The number of carbonyl (C=O) groups is 1. The summed E-state index contributed by atoms with van der Waals surface area (Å²) in [4.78, 5) is 16.4. The highest BCUT2D eigenvalue weighted by molar-refractivity contribution is 5.98. The lowest BCUT2D eigenvalue weighted by atomic mass is 9.85. The van der Waals surface area contributed by atoms with Gasteiger partial charge in [0.25, 0.3) is 5.91 Å². The highest BCUT2D eigenvalue weighted by Crippen LogP contribution is 2.34. The van der Waals surface area contributed by atoms with Crippen LogP contribution in [0.5, 0.6) is 0 Å². The molecule has 1 fully saturated rings. The number of nitrogens with two attached hydrogens (primary N) is 1. The first-order valence-electron chi connectivity index (χ1n) is 9.56. The molecule has 1 aliphatic rings. The molecule has 1 saturated carbocycles. The molecule has 2 atom stereocenters. The molecule has 4 rings (SSSR count). The Morgan fingerprint density at radius 2 is 2.17 bits per heavy atom. The van der Waals surface area contributed by atoms with Crippen LogP contribution in [0.15, 0.2) is 36.9 Å². The van der Waals surface area contributed by atoms with E-state index in [4.69, 9.17) is 5.73 Å². The van der Waals surface area contributed by atoms with Gasteiger partial charge in [-0.15, -0.1) is 0 Å². The van der Waals surface area contributed by atoms with Crippen LogP contribution < -0.4 is 11.1 Å². The van der Waals surface area contributed by atoms with E-state index >= 15 is 0 Å². The first-order valence-corrected chi connectivity index (χ1v) is 9.56. The number of nitrogens with zero attached hydrogens (tertiary/aromatic N) is 6. The van der Waals surface area contributed by atoms with Crippen molar-refractivity contribution in [3.8, 4) is 17.3 Å².